The average molecular weight is 378 g/mol. The summed E-state index contributed by atoms with van der Waals surface area (Å²) >= 11 is 0. The molecule has 0 aliphatic rings. The largest absolute Gasteiger partial charge is 0.497 e. The van der Waals surface area contributed by atoms with Crippen molar-refractivity contribution in [1.82, 2.24) is 5.43 Å². The minimum absolute atomic E-state index is 0.137. The summed E-state index contributed by atoms with van der Waals surface area (Å²) in [5, 5.41) is 6.01. The fourth-order valence-electron chi connectivity index (χ4n) is 2.71. The van der Waals surface area contributed by atoms with Crippen LogP contribution in [0.1, 0.15) is 12.5 Å². The molecule has 0 unspecified atom stereocenters. The molecule has 0 radical (unpaired) electrons. The van der Waals surface area contributed by atoms with Gasteiger partial charge in [0, 0.05) is 10.9 Å². The lowest BCUT2D eigenvalue weighted by Gasteiger charge is -2.09. The van der Waals surface area contributed by atoms with Gasteiger partial charge in [0.05, 0.1) is 19.9 Å². The standard InChI is InChI=1S/C22H22N2O4/c1-3-27-20-12-11-18(26-2)13-17(20)14-23-24-22(25)15-28-21-10-6-8-16-7-4-5-9-19(16)21/h4-14H,3,15H2,1-2H3,(H,24,25)/b23-14+. The first-order chi connectivity index (χ1) is 13.7. The van der Waals surface area contributed by atoms with Crippen molar-refractivity contribution in [2.45, 2.75) is 6.92 Å². The predicted octanol–water partition coefficient (Wildman–Crippen LogP) is 3.78. The van der Waals surface area contributed by atoms with Crippen molar-refractivity contribution < 1.29 is 19.0 Å². The second-order valence-corrected chi connectivity index (χ2v) is 5.90. The molecule has 0 heterocycles. The highest BCUT2D eigenvalue weighted by molar-refractivity contribution is 5.89. The third kappa shape index (κ3) is 4.79. The van der Waals surface area contributed by atoms with E-state index in [1.165, 1.54) is 6.21 Å². The van der Waals surface area contributed by atoms with Crippen LogP contribution in [-0.4, -0.2) is 32.4 Å². The molecule has 0 aliphatic heterocycles. The van der Waals surface area contributed by atoms with Crippen LogP contribution in [0.5, 0.6) is 17.2 Å². The first-order valence-corrected chi connectivity index (χ1v) is 8.94. The van der Waals surface area contributed by atoms with E-state index in [9.17, 15) is 4.79 Å². The normalized spacial score (nSPS) is 10.8. The van der Waals surface area contributed by atoms with Gasteiger partial charge in [-0.1, -0.05) is 36.4 Å². The Bertz CT molecular complexity index is 980. The third-order valence-corrected chi connectivity index (χ3v) is 4.02. The van der Waals surface area contributed by atoms with Crippen LogP contribution in [0.2, 0.25) is 0 Å². The number of hydrogen-bond acceptors (Lipinski definition) is 5. The lowest BCUT2D eigenvalue weighted by molar-refractivity contribution is -0.123. The van der Waals surface area contributed by atoms with Crippen molar-refractivity contribution in [2.75, 3.05) is 20.3 Å². The summed E-state index contributed by atoms with van der Waals surface area (Å²) in [5.74, 6) is 1.64. The van der Waals surface area contributed by atoms with Crippen LogP contribution < -0.4 is 19.6 Å². The van der Waals surface area contributed by atoms with Gasteiger partial charge >= 0.3 is 0 Å². The summed E-state index contributed by atoms with van der Waals surface area (Å²) in [4.78, 5) is 12.1. The number of carbonyl (C=O) groups excluding carboxylic acids is 1. The summed E-state index contributed by atoms with van der Waals surface area (Å²) < 4.78 is 16.4. The first kappa shape index (κ1) is 19.2. The van der Waals surface area contributed by atoms with E-state index in [-0.39, 0.29) is 12.5 Å². The monoisotopic (exact) mass is 378 g/mol. The van der Waals surface area contributed by atoms with Crippen molar-refractivity contribution in [3.63, 3.8) is 0 Å². The molecule has 0 bridgehead atoms. The van der Waals surface area contributed by atoms with Crippen LogP contribution in [0, 0.1) is 0 Å². The molecule has 1 N–H and O–H groups in total. The average Bonchev–Trinajstić information content (AvgIpc) is 2.73. The number of benzene rings is 3. The molecule has 1 amide bonds. The highest BCUT2D eigenvalue weighted by Crippen LogP contribution is 2.25. The van der Waals surface area contributed by atoms with Crippen molar-refractivity contribution in [3.8, 4) is 17.2 Å². The fourth-order valence-corrected chi connectivity index (χ4v) is 2.71. The van der Waals surface area contributed by atoms with Crippen LogP contribution in [0.25, 0.3) is 10.8 Å². The number of nitrogens with one attached hydrogen (secondary N) is 1. The van der Waals surface area contributed by atoms with E-state index in [1.54, 1.807) is 25.3 Å². The molecule has 0 atom stereocenters. The molecular formula is C22H22N2O4. The maximum absolute atomic E-state index is 12.1. The van der Waals surface area contributed by atoms with E-state index >= 15 is 0 Å². The van der Waals surface area contributed by atoms with Gasteiger partial charge < -0.3 is 14.2 Å². The molecule has 6 heteroatoms. The molecule has 3 rings (SSSR count). The Balaban J connectivity index is 1.61. The fraction of sp³-hybridized carbons (Fsp3) is 0.182. The maximum Gasteiger partial charge on any atom is 0.277 e. The topological polar surface area (TPSA) is 69.2 Å². The number of methoxy groups -OCH3 is 1. The van der Waals surface area contributed by atoms with Crippen molar-refractivity contribution in [2.24, 2.45) is 5.10 Å². The quantitative estimate of drug-likeness (QED) is 0.478. The van der Waals surface area contributed by atoms with Crippen LogP contribution in [-0.2, 0) is 4.79 Å². The molecule has 0 saturated carbocycles. The van der Waals surface area contributed by atoms with Gasteiger partial charge in [0.2, 0.25) is 0 Å². The number of hydrazone groups is 1. The lowest BCUT2D eigenvalue weighted by atomic mass is 10.1. The zero-order valence-corrected chi connectivity index (χ0v) is 15.8. The second-order valence-electron chi connectivity index (χ2n) is 5.90. The summed E-state index contributed by atoms with van der Waals surface area (Å²) in [6.45, 7) is 2.29. The Morgan fingerprint density at radius 1 is 1.04 bits per heavy atom. The van der Waals surface area contributed by atoms with E-state index in [2.05, 4.69) is 10.5 Å². The molecule has 144 valence electrons. The van der Waals surface area contributed by atoms with Gasteiger partial charge in [-0.25, -0.2) is 5.43 Å². The van der Waals surface area contributed by atoms with Gasteiger partial charge in [0.15, 0.2) is 6.61 Å². The van der Waals surface area contributed by atoms with Gasteiger partial charge in [0.25, 0.3) is 5.91 Å². The van der Waals surface area contributed by atoms with E-state index in [4.69, 9.17) is 14.2 Å². The molecule has 0 fully saturated rings. The van der Waals surface area contributed by atoms with Gasteiger partial charge in [-0.2, -0.15) is 5.10 Å². The lowest BCUT2D eigenvalue weighted by Crippen LogP contribution is -2.24. The second kappa shape index (κ2) is 9.41. The molecule has 0 aromatic heterocycles. The number of rotatable bonds is 8. The minimum atomic E-state index is -0.356. The third-order valence-electron chi connectivity index (χ3n) is 4.02. The SMILES string of the molecule is CCOc1ccc(OC)cc1/C=N/NC(=O)COc1cccc2ccccc12. The van der Waals surface area contributed by atoms with Crippen LogP contribution in [0.4, 0.5) is 0 Å². The summed E-state index contributed by atoms with van der Waals surface area (Å²) in [6, 6.07) is 19.0. The van der Waals surface area contributed by atoms with Crippen LogP contribution in [0.15, 0.2) is 65.8 Å². The van der Waals surface area contributed by atoms with E-state index < -0.39 is 0 Å². The van der Waals surface area contributed by atoms with Gasteiger partial charge in [-0.05, 0) is 36.6 Å². The Morgan fingerprint density at radius 2 is 1.86 bits per heavy atom. The van der Waals surface area contributed by atoms with Crippen LogP contribution in [0.3, 0.4) is 0 Å². The summed E-state index contributed by atoms with van der Waals surface area (Å²) in [7, 11) is 1.59. The summed E-state index contributed by atoms with van der Waals surface area (Å²) in [6.07, 6.45) is 1.52. The van der Waals surface area contributed by atoms with Gasteiger partial charge in [-0.3, -0.25) is 4.79 Å². The molecule has 3 aromatic carbocycles. The van der Waals surface area contributed by atoms with Crippen molar-refractivity contribution in [3.05, 3.63) is 66.2 Å². The molecule has 0 aliphatic carbocycles. The molecule has 0 spiro atoms. The van der Waals surface area contributed by atoms with Gasteiger partial charge in [0.1, 0.15) is 17.2 Å². The van der Waals surface area contributed by atoms with E-state index in [1.807, 2.05) is 49.4 Å². The number of fused-ring (bicyclic) bond motifs is 1. The number of hydrogen-bond donors (Lipinski definition) is 1. The van der Waals surface area contributed by atoms with Gasteiger partial charge in [-0.15, -0.1) is 0 Å². The molecular weight excluding hydrogens is 356 g/mol. The van der Waals surface area contributed by atoms with Crippen LogP contribution >= 0.6 is 0 Å². The molecule has 6 nitrogen and oxygen atoms in total. The Labute approximate surface area is 163 Å². The minimum Gasteiger partial charge on any atom is -0.497 e. The Morgan fingerprint density at radius 3 is 2.68 bits per heavy atom. The maximum atomic E-state index is 12.1. The number of ether oxygens (including phenoxy) is 3. The number of nitrogens with zero attached hydrogens (tertiary/aromatic N) is 1. The Kier molecular flexibility index (Phi) is 6.46. The number of carbonyl (C=O) groups is 1. The first-order valence-electron chi connectivity index (χ1n) is 8.94. The zero-order valence-electron chi connectivity index (χ0n) is 15.8. The van der Waals surface area contributed by atoms with Crippen molar-refractivity contribution >= 4 is 22.9 Å². The zero-order chi connectivity index (χ0) is 19.8. The predicted molar refractivity (Wildman–Crippen MR) is 109 cm³/mol. The van der Waals surface area contributed by atoms with Crippen molar-refractivity contribution in [1.29, 1.82) is 0 Å². The molecule has 28 heavy (non-hydrogen) atoms. The van der Waals surface area contributed by atoms with E-state index in [0.717, 1.165) is 10.8 Å². The Hall–Kier alpha value is -3.54. The number of amides is 1. The molecule has 0 saturated heterocycles. The highest BCUT2D eigenvalue weighted by Gasteiger charge is 2.06. The highest BCUT2D eigenvalue weighted by atomic mass is 16.5. The van der Waals surface area contributed by atoms with E-state index in [0.29, 0.717) is 29.4 Å². The smallest absolute Gasteiger partial charge is 0.277 e. The summed E-state index contributed by atoms with van der Waals surface area (Å²) in [5.41, 5.74) is 3.17. The molecule has 3 aromatic rings.